The molecule has 0 amide bonds. The molecule has 0 saturated carbocycles. The van der Waals surface area contributed by atoms with Crippen LogP contribution in [0.5, 0.6) is 0 Å². The Labute approximate surface area is 78.4 Å². The summed E-state index contributed by atoms with van der Waals surface area (Å²) in [6.07, 6.45) is 2.79. The number of cyclic esters (lactones) is 1. The van der Waals surface area contributed by atoms with Crippen LogP contribution in [0.1, 0.15) is 26.2 Å². The SMILES string of the molecule is C=CC[C@H]1C[C@H]([C@H](O)CC)OC1=O. The van der Waals surface area contributed by atoms with E-state index in [1.165, 1.54) is 0 Å². The van der Waals surface area contributed by atoms with Gasteiger partial charge in [-0.15, -0.1) is 6.58 Å². The van der Waals surface area contributed by atoms with Crippen LogP contribution in [0.4, 0.5) is 0 Å². The van der Waals surface area contributed by atoms with Crippen molar-refractivity contribution in [1.82, 2.24) is 0 Å². The van der Waals surface area contributed by atoms with Crippen LogP contribution >= 0.6 is 0 Å². The van der Waals surface area contributed by atoms with Crippen LogP contribution in [0.15, 0.2) is 12.7 Å². The third-order valence-electron chi connectivity index (χ3n) is 2.42. The van der Waals surface area contributed by atoms with Crippen molar-refractivity contribution in [3.05, 3.63) is 12.7 Å². The van der Waals surface area contributed by atoms with Crippen LogP contribution in [0, 0.1) is 5.92 Å². The summed E-state index contributed by atoms with van der Waals surface area (Å²) >= 11 is 0. The molecule has 0 aromatic carbocycles. The Morgan fingerprint density at radius 1 is 1.85 bits per heavy atom. The van der Waals surface area contributed by atoms with E-state index in [0.29, 0.717) is 19.3 Å². The Hall–Kier alpha value is -0.830. The lowest BCUT2D eigenvalue weighted by Crippen LogP contribution is -2.24. The van der Waals surface area contributed by atoms with Crippen LogP contribution in [-0.2, 0) is 9.53 Å². The van der Waals surface area contributed by atoms with Crippen LogP contribution < -0.4 is 0 Å². The van der Waals surface area contributed by atoms with Crippen LogP contribution in [-0.4, -0.2) is 23.3 Å². The number of hydrogen-bond donors (Lipinski definition) is 1. The monoisotopic (exact) mass is 184 g/mol. The molecule has 3 heteroatoms. The lowest BCUT2D eigenvalue weighted by Gasteiger charge is -2.14. The van der Waals surface area contributed by atoms with Crippen LogP contribution in [0.3, 0.4) is 0 Å². The number of carbonyl (C=O) groups excluding carboxylic acids is 1. The molecule has 0 aliphatic carbocycles. The highest BCUT2D eigenvalue weighted by Crippen LogP contribution is 2.27. The lowest BCUT2D eigenvalue weighted by atomic mass is 9.98. The molecule has 0 aromatic heterocycles. The van der Waals surface area contributed by atoms with Gasteiger partial charge in [-0.05, 0) is 12.8 Å². The van der Waals surface area contributed by atoms with E-state index in [9.17, 15) is 9.90 Å². The van der Waals surface area contributed by atoms with Crippen molar-refractivity contribution in [2.24, 2.45) is 5.92 Å². The van der Waals surface area contributed by atoms with E-state index in [0.717, 1.165) is 0 Å². The highest BCUT2D eigenvalue weighted by Gasteiger charge is 2.36. The number of allylic oxidation sites excluding steroid dienone is 1. The van der Waals surface area contributed by atoms with Crippen molar-refractivity contribution < 1.29 is 14.6 Å². The highest BCUT2D eigenvalue weighted by atomic mass is 16.6. The maximum Gasteiger partial charge on any atom is 0.309 e. The van der Waals surface area contributed by atoms with Gasteiger partial charge >= 0.3 is 5.97 Å². The van der Waals surface area contributed by atoms with Gasteiger partial charge in [0.25, 0.3) is 0 Å². The number of carbonyl (C=O) groups is 1. The first-order chi connectivity index (χ1) is 6.19. The molecule has 0 spiro atoms. The third kappa shape index (κ3) is 2.31. The molecule has 0 aromatic rings. The fourth-order valence-corrected chi connectivity index (χ4v) is 1.56. The van der Waals surface area contributed by atoms with E-state index >= 15 is 0 Å². The highest BCUT2D eigenvalue weighted by molar-refractivity contribution is 5.74. The maximum absolute atomic E-state index is 11.2. The molecule has 3 atom stereocenters. The van der Waals surface area contributed by atoms with E-state index < -0.39 is 6.10 Å². The van der Waals surface area contributed by atoms with E-state index in [2.05, 4.69) is 6.58 Å². The molecule has 13 heavy (non-hydrogen) atoms. The van der Waals surface area contributed by atoms with Gasteiger partial charge < -0.3 is 9.84 Å². The molecule has 1 rings (SSSR count). The van der Waals surface area contributed by atoms with Crippen molar-refractivity contribution in [2.75, 3.05) is 0 Å². The van der Waals surface area contributed by atoms with Gasteiger partial charge in [0, 0.05) is 6.42 Å². The molecule has 0 radical (unpaired) electrons. The Bertz CT molecular complexity index is 200. The number of ether oxygens (including phenoxy) is 1. The number of aliphatic hydroxyl groups is 1. The molecule has 1 aliphatic heterocycles. The first-order valence-corrected chi connectivity index (χ1v) is 4.68. The lowest BCUT2D eigenvalue weighted by molar-refractivity contribution is -0.147. The Morgan fingerprint density at radius 3 is 3.08 bits per heavy atom. The molecule has 1 heterocycles. The van der Waals surface area contributed by atoms with E-state index in [1.54, 1.807) is 6.08 Å². The maximum atomic E-state index is 11.2. The Kier molecular flexibility index (Phi) is 3.48. The predicted molar refractivity (Wildman–Crippen MR) is 49.1 cm³/mol. The number of hydrogen-bond acceptors (Lipinski definition) is 3. The van der Waals surface area contributed by atoms with Crippen molar-refractivity contribution in [1.29, 1.82) is 0 Å². The first-order valence-electron chi connectivity index (χ1n) is 4.68. The van der Waals surface area contributed by atoms with Gasteiger partial charge in [0.15, 0.2) is 0 Å². The molecule has 1 aliphatic rings. The average Bonchev–Trinajstić information content (AvgIpc) is 2.47. The van der Waals surface area contributed by atoms with Gasteiger partial charge in [0.05, 0.1) is 12.0 Å². The molecular weight excluding hydrogens is 168 g/mol. The fourth-order valence-electron chi connectivity index (χ4n) is 1.56. The first kappa shape index (κ1) is 10.3. The molecule has 1 saturated heterocycles. The standard InChI is InChI=1S/C10H16O3/c1-3-5-7-6-9(8(11)4-2)13-10(7)12/h3,7-9,11H,1,4-6H2,2H3/t7-,8+,9+/m0/s1. The second kappa shape index (κ2) is 4.42. The second-order valence-corrected chi connectivity index (χ2v) is 3.41. The Morgan fingerprint density at radius 2 is 2.54 bits per heavy atom. The van der Waals surface area contributed by atoms with Gasteiger partial charge in [-0.25, -0.2) is 0 Å². The van der Waals surface area contributed by atoms with E-state index in [1.807, 2.05) is 6.92 Å². The van der Waals surface area contributed by atoms with Crippen molar-refractivity contribution in [2.45, 2.75) is 38.4 Å². The Balaban J connectivity index is 2.49. The summed E-state index contributed by atoms with van der Waals surface area (Å²) in [5.41, 5.74) is 0. The van der Waals surface area contributed by atoms with Crippen LogP contribution in [0.25, 0.3) is 0 Å². The summed E-state index contributed by atoms with van der Waals surface area (Å²) in [5, 5.41) is 9.46. The molecule has 1 fully saturated rings. The molecule has 0 bridgehead atoms. The van der Waals surface area contributed by atoms with Crippen molar-refractivity contribution >= 4 is 5.97 Å². The van der Waals surface area contributed by atoms with Crippen molar-refractivity contribution in [3.63, 3.8) is 0 Å². The summed E-state index contributed by atoms with van der Waals surface area (Å²) in [6.45, 7) is 5.45. The minimum absolute atomic E-state index is 0.0938. The molecule has 74 valence electrons. The molecule has 0 unspecified atom stereocenters. The van der Waals surface area contributed by atoms with Gasteiger partial charge in [-0.3, -0.25) is 4.79 Å². The summed E-state index contributed by atoms with van der Waals surface area (Å²) in [6, 6.07) is 0. The zero-order valence-corrected chi connectivity index (χ0v) is 7.90. The number of rotatable bonds is 4. The second-order valence-electron chi connectivity index (χ2n) is 3.41. The molecular formula is C10H16O3. The van der Waals surface area contributed by atoms with Gasteiger partial charge in [-0.1, -0.05) is 13.0 Å². The van der Waals surface area contributed by atoms with Gasteiger partial charge in [0.1, 0.15) is 6.10 Å². The average molecular weight is 184 g/mol. The summed E-state index contributed by atoms with van der Waals surface area (Å²) in [7, 11) is 0. The predicted octanol–water partition coefficient (Wildman–Crippen LogP) is 1.27. The topological polar surface area (TPSA) is 46.5 Å². The van der Waals surface area contributed by atoms with Gasteiger partial charge in [-0.2, -0.15) is 0 Å². The third-order valence-corrected chi connectivity index (χ3v) is 2.42. The fraction of sp³-hybridized carbons (Fsp3) is 0.700. The van der Waals surface area contributed by atoms with Crippen molar-refractivity contribution in [3.8, 4) is 0 Å². The van der Waals surface area contributed by atoms with Gasteiger partial charge in [0.2, 0.25) is 0 Å². The van der Waals surface area contributed by atoms with E-state index in [4.69, 9.17) is 4.74 Å². The zero-order chi connectivity index (χ0) is 9.84. The number of esters is 1. The quantitative estimate of drug-likeness (QED) is 0.528. The summed E-state index contributed by atoms with van der Waals surface area (Å²) < 4.78 is 5.04. The molecule has 3 nitrogen and oxygen atoms in total. The minimum atomic E-state index is -0.515. The van der Waals surface area contributed by atoms with E-state index in [-0.39, 0.29) is 18.0 Å². The zero-order valence-electron chi connectivity index (χ0n) is 7.90. The normalized spacial score (nSPS) is 29.8. The molecule has 1 N–H and O–H groups in total. The smallest absolute Gasteiger partial charge is 0.309 e. The largest absolute Gasteiger partial charge is 0.459 e. The summed E-state index contributed by atoms with van der Waals surface area (Å²) in [4.78, 5) is 11.2. The minimum Gasteiger partial charge on any atom is -0.459 e. The van der Waals surface area contributed by atoms with Crippen LogP contribution in [0.2, 0.25) is 0 Å². The summed E-state index contributed by atoms with van der Waals surface area (Å²) in [5.74, 6) is -0.291. The number of aliphatic hydroxyl groups excluding tert-OH is 1.